The number of aryl methyl sites for hydroxylation is 1. The Labute approximate surface area is 148 Å². The van der Waals surface area contributed by atoms with Crippen LogP contribution in [0.25, 0.3) is 0 Å². The zero-order valence-electron chi connectivity index (χ0n) is 15.0. The number of benzene rings is 2. The molecule has 3 aromatic rings. The van der Waals surface area contributed by atoms with Crippen molar-refractivity contribution in [1.29, 1.82) is 0 Å². The van der Waals surface area contributed by atoms with Gasteiger partial charge in [0.25, 0.3) is 0 Å². The quantitative estimate of drug-likeness (QED) is 0.706. The second-order valence-electron chi connectivity index (χ2n) is 7.03. The minimum Gasteiger partial charge on any atom is -0.339 e. The third-order valence-electron chi connectivity index (χ3n) is 3.95. The molecule has 0 unspecified atom stereocenters. The summed E-state index contributed by atoms with van der Waals surface area (Å²) in [6, 6.07) is 16.3. The minimum atomic E-state index is 0.0340. The first-order valence-electron chi connectivity index (χ1n) is 8.32. The maximum atomic E-state index is 4.53. The first-order chi connectivity index (χ1) is 11.9. The molecule has 0 spiro atoms. The summed E-state index contributed by atoms with van der Waals surface area (Å²) in [5.74, 6) is 1.12. The molecule has 1 aromatic heterocycles. The van der Waals surface area contributed by atoms with Gasteiger partial charge in [-0.1, -0.05) is 57.2 Å². The van der Waals surface area contributed by atoms with Crippen LogP contribution in [0.1, 0.15) is 31.9 Å². The van der Waals surface area contributed by atoms with Crippen LogP contribution in [0.3, 0.4) is 0 Å². The number of nitrogens with zero attached hydrogens (tertiary/aromatic N) is 3. The largest absolute Gasteiger partial charge is 0.339 e. The Morgan fingerprint density at radius 3 is 2.24 bits per heavy atom. The predicted molar refractivity (Wildman–Crippen MR) is 103 cm³/mol. The zero-order chi connectivity index (χ0) is 17.9. The fraction of sp³-hybridized carbons (Fsp3) is 0.250. The normalized spacial score (nSPS) is 11.2. The van der Waals surface area contributed by atoms with Crippen LogP contribution in [-0.4, -0.2) is 15.2 Å². The molecule has 0 radical (unpaired) electrons. The van der Waals surface area contributed by atoms with Crippen molar-refractivity contribution in [2.75, 3.05) is 10.6 Å². The Morgan fingerprint density at radius 2 is 1.52 bits per heavy atom. The molecule has 0 amide bonds. The third kappa shape index (κ3) is 4.12. The summed E-state index contributed by atoms with van der Waals surface area (Å²) < 4.78 is 0. The fourth-order valence-corrected chi connectivity index (χ4v) is 2.63. The van der Waals surface area contributed by atoms with E-state index in [0.29, 0.717) is 11.8 Å². The number of anilines is 4. The number of hydrogen-bond donors (Lipinski definition) is 2. The summed E-state index contributed by atoms with van der Waals surface area (Å²) >= 11 is 0. The van der Waals surface area contributed by atoms with Crippen molar-refractivity contribution in [1.82, 2.24) is 15.2 Å². The highest BCUT2D eigenvalue weighted by Gasteiger charge is 2.17. The van der Waals surface area contributed by atoms with Gasteiger partial charge in [0, 0.05) is 11.4 Å². The predicted octanol–water partition coefficient (Wildman–Crippen LogP) is 4.96. The Morgan fingerprint density at radius 1 is 0.840 bits per heavy atom. The van der Waals surface area contributed by atoms with Gasteiger partial charge in [-0.05, 0) is 35.6 Å². The molecule has 2 aromatic carbocycles. The van der Waals surface area contributed by atoms with Gasteiger partial charge in [-0.3, -0.25) is 0 Å². The molecule has 5 nitrogen and oxygen atoms in total. The topological polar surface area (TPSA) is 62.7 Å². The number of rotatable bonds is 4. The molecule has 128 valence electrons. The van der Waals surface area contributed by atoms with Crippen molar-refractivity contribution >= 4 is 23.1 Å². The van der Waals surface area contributed by atoms with E-state index in [4.69, 9.17) is 0 Å². The smallest absolute Gasteiger partial charge is 0.249 e. The molecule has 0 aliphatic rings. The summed E-state index contributed by atoms with van der Waals surface area (Å²) in [4.78, 5) is 4.53. The van der Waals surface area contributed by atoms with Gasteiger partial charge in [0.1, 0.15) is 0 Å². The molecule has 0 aliphatic heterocycles. The molecule has 3 rings (SSSR count). The van der Waals surface area contributed by atoms with E-state index >= 15 is 0 Å². The highest BCUT2D eigenvalue weighted by molar-refractivity contribution is 5.63. The van der Waals surface area contributed by atoms with Crippen LogP contribution in [0.5, 0.6) is 0 Å². The van der Waals surface area contributed by atoms with E-state index in [1.165, 1.54) is 5.56 Å². The molecule has 0 saturated carbocycles. The van der Waals surface area contributed by atoms with Gasteiger partial charge in [-0.25, -0.2) is 0 Å². The van der Waals surface area contributed by atoms with Crippen LogP contribution >= 0.6 is 0 Å². The Bertz CT molecular complexity index is 868. The lowest BCUT2D eigenvalue weighted by molar-refractivity contribution is 0.592. The van der Waals surface area contributed by atoms with E-state index in [-0.39, 0.29) is 5.41 Å². The van der Waals surface area contributed by atoms with Gasteiger partial charge in [0.05, 0.1) is 6.20 Å². The van der Waals surface area contributed by atoms with E-state index < -0.39 is 0 Å². The molecule has 2 N–H and O–H groups in total. The van der Waals surface area contributed by atoms with Gasteiger partial charge in [0.15, 0.2) is 5.82 Å². The van der Waals surface area contributed by atoms with E-state index in [0.717, 1.165) is 16.9 Å². The van der Waals surface area contributed by atoms with E-state index in [2.05, 4.69) is 64.8 Å². The lowest BCUT2D eigenvalue weighted by atomic mass is 9.86. The second-order valence-corrected chi connectivity index (χ2v) is 7.03. The average molecular weight is 333 g/mol. The average Bonchev–Trinajstić information content (AvgIpc) is 2.57. The van der Waals surface area contributed by atoms with Crippen molar-refractivity contribution in [2.24, 2.45) is 0 Å². The van der Waals surface area contributed by atoms with Crippen molar-refractivity contribution in [3.63, 3.8) is 0 Å². The van der Waals surface area contributed by atoms with Crippen LogP contribution in [0.4, 0.5) is 23.1 Å². The molecule has 0 atom stereocenters. The fourth-order valence-electron chi connectivity index (χ4n) is 2.63. The standard InChI is InChI=1S/C20H23N5/c1-14-9-5-7-11-16(14)23-19-24-18(13-21-25-19)22-17-12-8-6-10-15(17)20(2,3)4/h5-13H,1-4H3,(H2,22,23,24,25). The molecular weight excluding hydrogens is 310 g/mol. The van der Waals surface area contributed by atoms with Crippen LogP contribution < -0.4 is 10.6 Å². The van der Waals surface area contributed by atoms with Crippen LogP contribution in [0.15, 0.2) is 54.7 Å². The maximum Gasteiger partial charge on any atom is 0.249 e. The lowest BCUT2D eigenvalue weighted by Crippen LogP contribution is -2.14. The molecular formula is C20H23N5. The number of aromatic nitrogens is 3. The summed E-state index contributed by atoms with van der Waals surface area (Å²) in [6.45, 7) is 8.61. The minimum absolute atomic E-state index is 0.0340. The molecule has 0 bridgehead atoms. The van der Waals surface area contributed by atoms with Gasteiger partial charge in [-0.2, -0.15) is 10.1 Å². The van der Waals surface area contributed by atoms with Gasteiger partial charge in [0.2, 0.25) is 5.95 Å². The molecule has 1 heterocycles. The van der Waals surface area contributed by atoms with Crippen LogP contribution in [0.2, 0.25) is 0 Å². The van der Waals surface area contributed by atoms with Gasteiger partial charge in [-0.15, -0.1) is 5.10 Å². The number of hydrogen-bond acceptors (Lipinski definition) is 5. The first kappa shape index (κ1) is 16.9. The number of para-hydroxylation sites is 2. The highest BCUT2D eigenvalue weighted by atomic mass is 15.3. The SMILES string of the molecule is Cc1ccccc1Nc1nncc(Nc2ccccc2C(C)(C)C)n1. The van der Waals surface area contributed by atoms with Crippen molar-refractivity contribution < 1.29 is 0 Å². The summed E-state index contributed by atoms with van der Waals surface area (Å²) in [6.07, 6.45) is 1.63. The lowest BCUT2D eigenvalue weighted by Gasteiger charge is -2.23. The molecule has 25 heavy (non-hydrogen) atoms. The van der Waals surface area contributed by atoms with E-state index in [9.17, 15) is 0 Å². The van der Waals surface area contributed by atoms with E-state index in [1.54, 1.807) is 6.20 Å². The van der Waals surface area contributed by atoms with Crippen LogP contribution in [-0.2, 0) is 5.41 Å². The Balaban J connectivity index is 1.85. The van der Waals surface area contributed by atoms with Crippen molar-refractivity contribution in [3.8, 4) is 0 Å². The summed E-state index contributed by atoms with van der Waals surface area (Å²) in [5, 5.41) is 14.7. The Kier molecular flexibility index (Phi) is 4.65. The maximum absolute atomic E-state index is 4.53. The first-order valence-corrected chi connectivity index (χ1v) is 8.32. The highest BCUT2D eigenvalue weighted by Crippen LogP contribution is 2.30. The van der Waals surface area contributed by atoms with Crippen molar-refractivity contribution in [3.05, 3.63) is 65.9 Å². The summed E-state index contributed by atoms with van der Waals surface area (Å²) in [7, 11) is 0. The molecule has 0 fully saturated rings. The molecule has 0 saturated heterocycles. The van der Waals surface area contributed by atoms with E-state index in [1.807, 2.05) is 37.3 Å². The van der Waals surface area contributed by atoms with Crippen molar-refractivity contribution in [2.45, 2.75) is 33.1 Å². The molecule has 0 aliphatic carbocycles. The second kappa shape index (κ2) is 6.89. The molecule has 5 heteroatoms. The zero-order valence-corrected chi connectivity index (χ0v) is 15.0. The summed E-state index contributed by atoms with van der Waals surface area (Å²) in [5.41, 5.74) is 4.38. The van der Waals surface area contributed by atoms with Gasteiger partial charge < -0.3 is 10.6 Å². The monoisotopic (exact) mass is 333 g/mol. The van der Waals surface area contributed by atoms with Crippen LogP contribution in [0, 0.1) is 6.92 Å². The van der Waals surface area contributed by atoms with Gasteiger partial charge >= 0.3 is 0 Å². The Hall–Kier alpha value is -2.95. The third-order valence-corrected chi connectivity index (χ3v) is 3.95. The number of nitrogens with one attached hydrogen (secondary N) is 2.